The predicted octanol–water partition coefficient (Wildman–Crippen LogP) is 3.50. The lowest BCUT2D eigenvalue weighted by molar-refractivity contribution is 0.185. The van der Waals surface area contributed by atoms with E-state index in [-0.39, 0.29) is 6.04 Å². The molecule has 1 heterocycles. The van der Waals surface area contributed by atoms with Crippen molar-refractivity contribution in [1.82, 2.24) is 9.55 Å². The second-order valence-electron chi connectivity index (χ2n) is 4.46. The molecule has 1 aromatic heterocycles. The van der Waals surface area contributed by atoms with Crippen molar-refractivity contribution >= 4 is 21.6 Å². The molecule has 0 spiro atoms. The Hall–Kier alpha value is -1.33. The fraction of sp³-hybridized carbons (Fsp3) is 0.357. The molecule has 0 aliphatic rings. The number of rotatable bonds is 5. The highest BCUT2D eigenvalue weighted by molar-refractivity contribution is 9.10. The van der Waals surface area contributed by atoms with Gasteiger partial charge in [0.2, 0.25) is 0 Å². The van der Waals surface area contributed by atoms with Gasteiger partial charge < -0.3 is 14.6 Å². The Morgan fingerprint density at radius 3 is 2.89 bits per heavy atom. The molecule has 2 rings (SSSR count). The van der Waals surface area contributed by atoms with Crippen molar-refractivity contribution in [2.24, 2.45) is 7.05 Å². The number of hydrogen-bond acceptors (Lipinski definition) is 3. The van der Waals surface area contributed by atoms with Crippen LogP contribution in [0.5, 0.6) is 0 Å². The van der Waals surface area contributed by atoms with Crippen LogP contribution in [0, 0.1) is 0 Å². The lowest BCUT2D eigenvalue weighted by Gasteiger charge is -2.18. The summed E-state index contributed by atoms with van der Waals surface area (Å²) in [5, 5.41) is 3.49. The highest BCUT2D eigenvalue weighted by atomic mass is 79.9. The minimum Gasteiger partial charge on any atom is -0.380 e. The maximum Gasteiger partial charge on any atom is 0.130 e. The molecule has 0 bridgehead atoms. The summed E-state index contributed by atoms with van der Waals surface area (Å²) in [6, 6.07) is 6.21. The van der Waals surface area contributed by atoms with Crippen molar-refractivity contribution < 1.29 is 4.74 Å². The quantitative estimate of drug-likeness (QED) is 0.915. The van der Waals surface area contributed by atoms with Crippen molar-refractivity contribution in [1.29, 1.82) is 0 Å². The van der Waals surface area contributed by atoms with Crippen LogP contribution < -0.4 is 5.32 Å². The van der Waals surface area contributed by atoms with Crippen LogP contribution >= 0.6 is 15.9 Å². The van der Waals surface area contributed by atoms with Crippen LogP contribution in [0.15, 0.2) is 35.1 Å². The first-order chi connectivity index (χ1) is 9.13. The molecule has 2 aromatic rings. The Morgan fingerprint density at radius 2 is 2.26 bits per heavy atom. The topological polar surface area (TPSA) is 39.1 Å². The second-order valence-corrected chi connectivity index (χ2v) is 5.32. The lowest BCUT2D eigenvalue weighted by atomic mass is 10.1. The number of ether oxygens (including phenoxy) is 1. The zero-order chi connectivity index (χ0) is 13.8. The molecule has 0 radical (unpaired) electrons. The Bertz CT molecular complexity index is 553. The summed E-state index contributed by atoms with van der Waals surface area (Å²) < 4.78 is 8.32. The van der Waals surface area contributed by atoms with Gasteiger partial charge in [0.15, 0.2) is 0 Å². The van der Waals surface area contributed by atoms with E-state index < -0.39 is 0 Å². The van der Waals surface area contributed by atoms with E-state index in [0.29, 0.717) is 6.61 Å². The van der Waals surface area contributed by atoms with Crippen LogP contribution in [0.3, 0.4) is 0 Å². The second kappa shape index (κ2) is 6.21. The number of imidazole rings is 1. The Labute approximate surface area is 121 Å². The van der Waals surface area contributed by atoms with E-state index in [2.05, 4.69) is 39.2 Å². The molecule has 19 heavy (non-hydrogen) atoms. The molecule has 1 atom stereocenters. The average Bonchev–Trinajstić information content (AvgIpc) is 2.80. The summed E-state index contributed by atoms with van der Waals surface area (Å²) in [6.45, 7) is 2.66. The molecule has 0 saturated heterocycles. The third-order valence-corrected chi connectivity index (χ3v) is 3.77. The third-order valence-electron chi connectivity index (χ3n) is 3.03. The molecule has 1 unspecified atom stereocenters. The first kappa shape index (κ1) is 14.1. The number of anilines is 1. The van der Waals surface area contributed by atoms with Crippen LogP contribution in [0.4, 0.5) is 5.69 Å². The SMILES string of the molecule is COCc1c(Br)cccc1NC(C)c1nccn1C. The van der Waals surface area contributed by atoms with Gasteiger partial charge in [0, 0.05) is 42.3 Å². The molecular weight excluding hydrogens is 306 g/mol. The molecule has 0 aliphatic heterocycles. The van der Waals surface area contributed by atoms with Crippen LogP contribution in [-0.2, 0) is 18.4 Å². The maximum absolute atomic E-state index is 5.25. The van der Waals surface area contributed by atoms with E-state index in [1.54, 1.807) is 7.11 Å². The number of hydrogen-bond donors (Lipinski definition) is 1. The molecule has 0 fully saturated rings. The van der Waals surface area contributed by atoms with E-state index in [0.717, 1.165) is 21.5 Å². The molecule has 4 nitrogen and oxygen atoms in total. The summed E-state index contributed by atoms with van der Waals surface area (Å²) in [4.78, 5) is 4.37. The number of aryl methyl sites for hydroxylation is 1. The standard InChI is InChI=1S/C14H18BrN3O/c1-10(14-16-7-8-18(14)2)17-13-6-4-5-12(15)11(13)9-19-3/h4-8,10,17H,9H2,1-3H3. The van der Waals surface area contributed by atoms with Crippen LogP contribution in [-0.4, -0.2) is 16.7 Å². The zero-order valence-electron chi connectivity index (χ0n) is 11.4. The van der Waals surface area contributed by atoms with Crippen LogP contribution in [0.2, 0.25) is 0 Å². The van der Waals surface area contributed by atoms with Gasteiger partial charge in [-0.1, -0.05) is 22.0 Å². The Balaban J connectivity index is 2.24. The molecule has 1 N–H and O–H groups in total. The normalized spacial score (nSPS) is 12.4. The van der Waals surface area contributed by atoms with E-state index in [9.17, 15) is 0 Å². The van der Waals surface area contributed by atoms with Crippen molar-refractivity contribution in [3.8, 4) is 0 Å². The van der Waals surface area contributed by atoms with Gasteiger partial charge in [0.05, 0.1) is 12.6 Å². The number of methoxy groups -OCH3 is 1. The minimum atomic E-state index is 0.130. The monoisotopic (exact) mass is 323 g/mol. The number of aromatic nitrogens is 2. The fourth-order valence-corrected chi connectivity index (χ4v) is 2.56. The largest absolute Gasteiger partial charge is 0.380 e. The van der Waals surface area contributed by atoms with E-state index in [1.165, 1.54) is 0 Å². The summed E-state index contributed by atoms with van der Waals surface area (Å²) in [5.41, 5.74) is 2.18. The molecule has 1 aromatic carbocycles. The molecule has 0 saturated carbocycles. The summed E-state index contributed by atoms with van der Waals surface area (Å²) in [6.07, 6.45) is 3.76. The van der Waals surface area contributed by atoms with Gasteiger partial charge in [0.25, 0.3) is 0 Å². The highest BCUT2D eigenvalue weighted by Crippen LogP contribution is 2.28. The number of halogens is 1. The van der Waals surface area contributed by atoms with Gasteiger partial charge in [-0.05, 0) is 19.1 Å². The molecular formula is C14H18BrN3O. The van der Waals surface area contributed by atoms with E-state index >= 15 is 0 Å². The molecule has 5 heteroatoms. The third kappa shape index (κ3) is 3.16. The first-order valence-electron chi connectivity index (χ1n) is 6.13. The van der Waals surface area contributed by atoms with Gasteiger partial charge in [-0.15, -0.1) is 0 Å². The maximum atomic E-state index is 5.25. The lowest BCUT2D eigenvalue weighted by Crippen LogP contribution is -2.13. The van der Waals surface area contributed by atoms with Crippen LogP contribution in [0.1, 0.15) is 24.4 Å². The van der Waals surface area contributed by atoms with Gasteiger partial charge in [-0.2, -0.15) is 0 Å². The van der Waals surface area contributed by atoms with Gasteiger partial charge in [-0.25, -0.2) is 4.98 Å². The van der Waals surface area contributed by atoms with Gasteiger partial charge >= 0.3 is 0 Å². The van der Waals surface area contributed by atoms with Crippen molar-refractivity contribution in [2.45, 2.75) is 19.6 Å². The molecule has 102 valence electrons. The van der Waals surface area contributed by atoms with Crippen LogP contribution in [0.25, 0.3) is 0 Å². The number of benzene rings is 1. The Kier molecular flexibility index (Phi) is 4.61. The van der Waals surface area contributed by atoms with Gasteiger partial charge in [-0.3, -0.25) is 0 Å². The Morgan fingerprint density at radius 1 is 1.47 bits per heavy atom. The predicted molar refractivity (Wildman–Crippen MR) is 80.1 cm³/mol. The highest BCUT2D eigenvalue weighted by Gasteiger charge is 2.13. The summed E-state index contributed by atoms with van der Waals surface area (Å²) in [5.74, 6) is 1.00. The smallest absolute Gasteiger partial charge is 0.130 e. The summed E-state index contributed by atoms with van der Waals surface area (Å²) in [7, 11) is 3.70. The van der Waals surface area contributed by atoms with Crippen molar-refractivity contribution in [3.05, 3.63) is 46.5 Å². The molecule has 0 aliphatic carbocycles. The summed E-state index contributed by atoms with van der Waals surface area (Å²) >= 11 is 3.56. The zero-order valence-corrected chi connectivity index (χ0v) is 12.9. The fourth-order valence-electron chi connectivity index (χ4n) is 2.08. The van der Waals surface area contributed by atoms with Crippen molar-refractivity contribution in [2.75, 3.05) is 12.4 Å². The van der Waals surface area contributed by atoms with Crippen molar-refractivity contribution in [3.63, 3.8) is 0 Å². The van der Waals surface area contributed by atoms with Gasteiger partial charge in [0.1, 0.15) is 5.82 Å². The van der Waals surface area contributed by atoms with E-state index in [1.807, 2.05) is 36.1 Å². The first-order valence-corrected chi connectivity index (χ1v) is 6.93. The minimum absolute atomic E-state index is 0.130. The average molecular weight is 324 g/mol. The van der Waals surface area contributed by atoms with E-state index in [4.69, 9.17) is 4.74 Å². The number of nitrogens with one attached hydrogen (secondary N) is 1. The number of nitrogens with zero attached hydrogens (tertiary/aromatic N) is 2. The molecule has 0 amide bonds.